The molecule has 0 fully saturated rings. The number of amides is 1. The largest absolute Gasteiger partial charge is 0.399 e. The van der Waals surface area contributed by atoms with Gasteiger partial charge in [0, 0.05) is 17.8 Å². The number of hydrogen-bond donors (Lipinski definition) is 2. The monoisotopic (exact) mass is 336 g/mol. The summed E-state index contributed by atoms with van der Waals surface area (Å²) >= 11 is 3.08. The first kappa shape index (κ1) is 14.5. The Morgan fingerprint density at radius 1 is 1.20 bits per heavy atom. The van der Waals surface area contributed by atoms with Gasteiger partial charge in [0.2, 0.25) is 5.91 Å². The van der Waals surface area contributed by atoms with Crippen molar-refractivity contribution in [1.82, 2.24) is 0 Å². The SMILES string of the molecule is Nc1ccc(CCC(=O)Nc2ccc(F)c(Br)c2)cc1. The molecule has 3 N–H and O–H groups in total. The van der Waals surface area contributed by atoms with E-state index in [2.05, 4.69) is 21.2 Å². The number of carbonyl (C=O) groups is 1. The third kappa shape index (κ3) is 4.06. The van der Waals surface area contributed by atoms with E-state index < -0.39 is 0 Å². The number of hydrogen-bond acceptors (Lipinski definition) is 2. The molecule has 0 bridgehead atoms. The van der Waals surface area contributed by atoms with E-state index >= 15 is 0 Å². The van der Waals surface area contributed by atoms with E-state index in [0.29, 0.717) is 28.7 Å². The molecular formula is C15H14BrFN2O. The molecule has 0 heterocycles. The van der Waals surface area contributed by atoms with Crippen molar-refractivity contribution in [3.8, 4) is 0 Å². The van der Waals surface area contributed by atoms with Gasteiger partial charge in [0.05, 0.1) is 4.47 Å². The predicted octanol–water partition coefficient (Wildman–Crippen LogP) is 3.74. The number of nitrogens with two attached hydrogens (primary N) is 1. The zero-order valence-corrected chi connectivity index (χ0v) is 12.3. The summed E-state index contributed by atoms with van der Waals surface area (Å²) in [6, 6.07) is 11.8. The van der Waals surface area contributed by atoms with Gasteiger partial charge >= 0.3 is 0 Å². The molecule has 2 aromatic carbocycles. The number of nitrogens with one attached hydrogen (secondary N) is 1. The summed E-state index contributed by atoms with van der Waals surface area (Å²) in [4.78, 5) is 11.8. The average molecular weight is 337 g/mol. The zero-order valence-electron chi connectivity index (χ0n) is 10.7. The van der Waals surface area contributed by atoms with Crippen LogP contribution >= 0.6 is 15.9 Å². The Labute approximate surface area is 125 Å². The topological polar surface area (TPSA) is 55.1 Å². The molecule has 0 saturated heterocycles. The number of aryl methyl sites for hydroxylation is 1. The minimum atomic E-state index is -0.357. The minimum absolute atomic E-state index is 0.111. The molecule has 0 aliphatic carbocycles. The second-order valence-electron chi connectivity index (χ2n) is 4.42. The fourth-order valence-corrected chi connectivity index (χ4v) is 2.12. The first-order chi connectivity index (χ1) is 9.54. The molecule has 1 amide bonds. The van der Waals surface area contributed by atoms with Crippen LogP contribution in [0.25, 0.3) is 0 Å². The van der Waals surface area contributed by atoms with E-state index in [1.807, 2.05) is 24.3 Å². The predicted molar refractivity (Wildman–Crippen MR) is 81.9 cm³/mol. The van der Waals surface area contributed by atoms with Crippen molar-refractivity contribution < 1.29 is 9.18 Å². The van der Waals surface area contributed by atoms with Gasteiger partial charge < -0.3 is 11.1 Å². The summed E-state index contributed by atoms with van der Waals surface area (Å²) in [6.07, 6.45) is 0.993. The summed E-state index contributed by atoms with van der Waals surface area (Å²) in [5, 5.41) is 2.73. The number of halogens is 2. The van der Waals surface area contributed by atoms with E-state index in [1.165, 1.54) is 18.2 Å². The van der Waals surface area contributed by atoms with Gasteiger partial charge in [-0.05, 0) is 58.2 Å². The van der Waals surface area contributed by atoms with Crippen molar-refractivity contribution in [2.75, 3.05) is 11.1 Å². The molecule has 0 saturated carbocycles. The quantitative estimate of drug-likeness (QED) is 0.835. The Hall–Kier alpha value is -1.88. The molecule has 20 heavy (non-hydrogen) atoms. The second kappa shape index (κ2) is 6.52. The standard InChI is InChI=1S/C15H14BrFN2O/c16-13-9-12(6-7-14(13)17)19-15(20)8-3-10-1-4-11(18)5-2-10/h1-2,4-7,9H,3,8,18H2,(H,19,20). The van der Waals surface area contributed by atoms with E-state index in [0.717, 1.165) is 5.56 Å². The van der Waals surface area contributed by atoms with Crippen LogP contribution in [0.1, 0.15) is 12.0 Å². The maximum atomic E-state index is 13.1. The second-order valence-corrected chi connectivity index (χ2v) is 5.27. The Bertz CT molecular complexity index is 614. The van der Waals surface area contributed by atoms with Gasteiger partial charge in [0.1, 0.15) is 5.82 Å². The van der Waals surface area contributed by atoms with Crippen molar-refractivity contribution in [1.29, 1.82) is 0 Å². The molecule has 2 aromatic rings. The van der Waals surface area contributed by atoms with Crippen LogP contribution in [0.15, 0.2) is 46.9 Å². The molecule has 5 heteroatoms. The lowest BCUT2D eigenvalue weighted by Crippen LogP contribution is -2.12. The van der Waals surface area contributed by atoms with Gasteiger partial charge in [-0.3, -0.25) is 4.79 Å². The van der Waals surface area contributed by atoms with E-state index in [4.69, 9.17) is 5.73 Å². The van der Waals surface area contributed by atoms with E-state index in [9.17, 15) is 9.18 Å². The highest BCUT2D eigenvalue weighted by Crippen LogP contribution is 2.20. The van der Waals surface area contributed by atoms with Crippen LogP contribution in [0.4, 0.5) is 15.8 Å². The normalized spacial score (nSPS) is 10.3. The molecular weight excluding hydrogens is 323 g/mol. The highest BCUT2D eigenvalue weighted by molar-refractivity contribution is 9.10. The van der Waals surface area contributed by atoms with Gasteiger partial charge in [0.25, 0.3) is 0 Å². The van der Waals surface area contributed by atoms with Crippen LogP contribution in [-0.4, -0.2) is 5.91 Å². The van der Waals surface area contributed by atoms with Gasteiger partial charge in [-0.15, -0.1) is 0 Å². The maximum Gasteiger partial charge on any atom is 0.224 e. The molecule has 104 valence electrons. The highest BCUT2D eigenvalue weighted by atomic mass is 79.9. The maximum absolute atomic E-state index is 13.1. The molecule has 0 aliphatic heterocycles. The number of anilines is 2. The fraction of sp³-hybridized carbons (Fsp3) is 0.133. The summed E-state index contributed by atoms with van der Waals surface area (Å²) < 4.78 is 13.4. The molecule has 0 aliphatic rings. The van der Waals surface area contributed by atoms with Crippen LogP contribution in [0.2, 0.25) is 0 Å². The molecule has 0 radical (unpaired) electrons. The lowest BCUT2D eigenvalue weighted by molar-refractivity contribution is -0.116. The first-order valence-corrected chi connectivity index (χ1v) is 6.93. The van der Waals surface area contributed by atoms with Crippen LogP contribution < -0.4 is 11.1 Å². The van der Waals surface area contributed by atoms with Crippen molar-refractivity contribution in [2.45, 2.75) is 12.8 Å². The zero-order chi connectivity index (χ0) is 14.5. The third-order valence-electron chi connectivity index (χ3n) is 2.82. The van der Waals surface area contributed by atoms with Crippen molar-refractivity contribution in [3.05, 3.63) is 58.3 Å². The Balaban J connectivity index is 1.89. The van der Waals surface area contributed by atoms with Gasteiger partial charge in [-0.1, -0.05) is 12.1 Å². The first-order valence-electron chi connectivity index (χ1n) is 6.14. The third-order valence-corrected chi connectivity index (χ3v) is 3.43. The molecule has 2 rings (SSSR count). The number of nitrogen functional groups attached to an aromatic ring is 1. The minimum Gasteiger partial charge on any atom is -0.399 e. The molecule has 0 aromatic heterocycles. The van der Waals surface area contributed by atoms with Gasteiger partial charge in [0.15, 0.2) is 0 Å². The summed E-state index contributed by atoms with van der Waals surface area (Å²) in [5.41, 5.74) is 7.92. The number of rotatable bonds is 4. The Morgan fingerprint density at radius 2 is 1.90 bits per heavy atom. The van der Waals surface area contributed by atoms with Crippen LogP contribution in [0, 0.1) is 5.82 Å². The van der Waals surface area contributed by atoms with Crippen LogP contribution in [-0.2, 0) is 11.2 Å². The fourth-order valence-electron chi connectivity index (χ4n) is 1.74. The summed E-state index contributed by atoms with van der Waals surface area (Å²) in [6.45, 7) is 0. The lowest BCUT2D eigenvalue weighted by atomic mass is 10.1. The van der Waals surface area contributed by atoms with Crippen molar-refractivity contribution >= 4 is 33.2 Å². The number of carbonyl (C=O) groups excluding carboxylic acids is 1. The highest BCUT2D eigenvalue weighted by Gasteiger charge is 2.05. The molecule has 0 spiro atoms. The summed E-state index contributed by atoms with van der Waals surface area (Å²) in [7, 11) is 0. The smallest absolute Gasteiger partial charge is 0.224 e. The Morgan fingerprint density at radius 3 is 2.55 bits per heavy atom. The van der Waals surface area contributed by atoms with Gasteiger partial charge in [-0.2, -0.15) is 0 Å². The van der Waals surface area contributed by atoms with E-state index in [-0.39, 0.29) is 11.7 Å². The molecule has 0 unspecified atom stereocenters. The Kier molecular flexibility index (Phi) is 4.74. The van der Waals surface area contributed by atoms with Gasteiger partial charge in [-0.25, -0.2) is 4.39 Å². The van der Waals surface area contributed by atoms with E-state index in [1.54, 1.807) is 0 Å². The van der Waals surface area contributed by atoms with Crippen LogP contribution in [0.3, 0.4) is 0 Å². The van der Waals surface area contributed by atoms with Crippen LogP contribution in [0.5, 0.6) is 0 Å². The van der Waals surface area contributed by atoms with Crippen molar-refractivity contribution in [2.24, 2.45) is 0 Å². The molecule has 3 nitrogen and oxygen atoms in total. The van der Waals surface area contributed by atoms with Crippen molar-refractivity contribution in [3.63, 3.8) is 0 Å². The number of benzene rings is 2. The molecule has 0 atom stereocenters. The lowest BCUT2D eigenvalue weighted by Gasteiger charge is -2.06. The summed E-state index contributed by atoms with van der Waals surface area (Å²) in [5.74, 6) is -0.467. The average Bonchev–Trinajstić information content (AvgIpc) is 2.42.